The van der Waals surface area contributed by atoms with Gasteiger partial charge >= 0.3 is 0 Å². The van der Waals surface area contributed by atoms with Gasteiger partial charge in [0.05, 0.1) is 0 Å². The molecule has 0 aliphatic carbocycles. The van der Waals surface area contributed by atoms with Crippen LogP contribution in [0.25, 0.3) is 0 Å². The second-order valence-electron chi connectivity index (χ2n) is 4.06. The molecule has 1 aromatic carbocycles. The quantitative estimate of drug-likeness (QED) is 0.747. The van der Waals surface area contributed by atoms with Crippen LogP contribution in [0.4, 0.5) is 0 Å². The summed E-state index contributed by atoms with van der Waals surface area (Å²) in [6.45, 7) is 1.60. The molecule has 92 valence electrons. The van der Waals surface area contributed by atoms with E-state index in [9.17, 15) is 4.79 Å². The lowest BCUT2D eigenvalue weighted by atomic mass is 10.1. The number of carbonyl (C=O) groups excluding carboxylic acids is 1. The molecule has 0 spiro atoms. The normalized spacial score (nSPS) is 17.2. The maximum Gasteiger partial charge on any atom is 0.245 e. The molecule has 1 unspecified atom stereocenters. The number of hydrogen-bond acceptors (Lipinski definition) is 1. The van der Waals surface area contributed by atoms with Crippen LogP contribution in [-0.2, 0) is 4.79 Å². The fourth-order valence-electron chi connectivity index (χ4n) is 1.94. The van der Waals surface area contributed by atoms with Crippen molar-refractivity contribution in [1.82, 2.24) is 4.90 Å². The number of benzene rings is 1. The van der Waals surface area contributed by atoms with Crippen molar-refractivity contribution in [3.05, 3.63) is 33.3 Å². The number of carbonyl (C=O) groups is 1. The average Bonchev–Trinajstić information content (AvgIpc) is 2.84. The smallest absolute Gasteiger partial charge is 0.245 e. The number of nitrogens with zero attached hydrogens (tertiary/aromatic N) is 1. The number of likely N-dealkylation sites (tertiary alicyclic amines) is 1. The van der Waals surface area contributed by atoms with Crippen LogP contribution in [-0.4, -0.2) is 23.9 Å². The summed E-state index contributed by atoms with van der Waals surface area (Å²) in [5.74, 6) is -0.0517. The van der Waals surface area contributed by atoms with Gasteiger partial charge in [0.25, 0.3) is 0 Å². The van der Waals surface area contributed by atoms with Crippen LogP contribution in [0.15, 0.2) is 22.7 Å². The highest BCUT2D eigenvalue weighted by atomic mass is 79.9. The second-order valence-corrected chi connectivity index (χ2v) is 5.82. The highest BCUT2D eigenvalue weighted by Crippen LogP contribution is 2.32. The first-order valence-corrected chi connectivity index (χ1v) is 7.08. The zero-order valence-corrected chi connectivity index (χ0v) is 12.2. The number of halogens is 3. The van der Waals surface area contributed by atoms with Crippen LogP contribution in [0.1, 0.15) is 23.8 Å². The molecule has 17 heavy (non-hydrogen) atoms. The lowest BCUT2D eigenvalue weighted by molar-refractivity contribution is -0.129. The largest absolute Gasteiger partial charge is 0.341 e. The molecule has 0 N–H and O–H groups in total. The van der Waals surface area contributed by atoms with Gasteiger partial charge in [-0.15, -0.1) is 11.6 Å². The number of amides is 1. The van der Waals surface area contributed by atoms with Gasteiger partial charge in [0, 0.05) is 22.6 Å². The fraction of sp³-hybridized carbons (Fsp3) is 0.417. The molecule has 2 nitrogen and oxygen atoms in total. The van der Waals surface area contributed by atoms with E-state index in [1.165, 1.54) is 0 Å². The van der Waals surface area contributed by atoms with Crippen molar-refractivity contribution in [3.63, 3.8) is 0 Å². The topological polar surface area (TPSA) is 20.3 Å². The summed E-state index contributed by atoms with van der Waals surface area (Å²) >= 11 is 15.6. The third kappa shape index (κ3) is 2.95. The number of rotatable bonds is 2. The average molecular weight is 337 g/mol. The van der Waals surface area contributed by atoms with E-state index in [0.29, 0.717) is 10.6 Å². The molecular weight excluding hydrogens is 325 g/mol. The van der Waals surface area contributed by atoms with E-state index >= 15 is 0 Å². The number of alkyl halides is 1. The SMILES string of the molecule is O=C(C(Cl)c1cc(Br)ccc1Cl)N1CCCC1. The van der Waals surface area contributed by atoms with E-state index in [1.807, 2.05) is 6.07 Å². The van der Waals surface area contributed by atoms with Crippen LogP contribution < -0.4 is 0 Å². The van der Waals surface area contributed by atoms with E-state index in [0.717, 1.165) is 30.4 Å². The molecule has 1 aliphatic heterocycles. The Morgan fingerprint density at radius 1 is 1.35 bits per heavy atom. The van der Waals surface area contributed by atoms with Crippen molar-refractivity contribution in [3.8, 4) is 0 Å². The molecule has 5 heteroatoms. The summed E-state index contributed by atoms with van der Waals surface area (Å²) in [6.07, 6.45) is 2.11. The van der Waals surface area contributed by atoms with E-state index in [4.69, 9.17) is 23.2 Å². The zero-order valence-electron chi connectivity index (χ0n) is 9.13. The lowest BCUT2D eigenvalue weighted by Gasteiger charge is -2.20. The minimum absolute atomic E-state index is 0.0517. The van der Waals surface area contributed by atoms with Crippen molar-refractivity contribution >= 4 is 45.0 Å². The molecule has 1 fully saturated rings. The predicted molar refractivity (Wildman–Crippen MR) is 73.6 cm³/mol. The van der Waals surface area contributed by atoms with E-state index in [2.05, 4.69) is 15.9 Å². The summed E-state index contributed by atoms with van der Waals surface area (Å²) in [6, 6.07) is 5.37. The van der Waals surface area contributed by atoms with Crippen molar-refractivity contribution in [1.29, 1.82) is 0 Å². The first-order chi connectivity index (χ1) is 8.09. The van der Waals surface area contributed by atoms with Gasteiger partial charge in [-0.05, 0) is 36.6 Å². The highest BCUT2D eigenvalue weighted by Gasteiger charge is 2.27. The monoisotopic (exact) mass is 335 g/mol. The number of hydrogen-bond donors (Lipinski definition) is 0. The Hall–Kier alpha value is -0.250. The Labute approximate surface area is 119 Å². The zero-order chi connectivity index (χ0) is 12.4. The summed E-state index contributed by atoms with van der Waals surface area (Å²) in [4.78, 5) is 13.9. The Morgan fingerprint density at radius 3 is 2.65 bits per heavy atom. The van der Waals surface area contributed by atoms with Crippen LogP contribution in [0.3, 0.4) is 0 Å². The van der Waals surface area contributed by atoms with E-state index in [-0.39, 0.29) is 5.91 Å². The molecule has 1 amide bonds. The van der Waals surface area contributed by atoms with Gasteiger partial charge in [-0.25, -0.2) is 0 Å². The van der Waals surface area contributed by atoms with Crippen LogP contribution in [0, 0.1) is 0 Å². The Morgan fingerprint density at radius 2 is 2.00 bits per heavy atom. The Bertz CT molecular complexity index is 433. The molecule has 2 rings (SSSR count). The molecule has 1 aromatic rings. The first kappa shape index (κ1) is 13.2. The summed E-state index contributed by atoms with van der Waals surface area (Å²) < 4.78 is 0.872. The van der Waals surface area contributed by atoms with Crippen molar-refractivity contribution in [2.75, 3.05) is 13.1 Å². The summed E-state index contributed by atoms with van der Waals surface area (Å²) in [5.41, 5.74) is 0.666. The van der Waals surface area contributed by atoms with Gasteiger partial charge in [0.2, 0.25) is 5.91 Å². The summed E-state index contributed by atoms with van der Waals surface area (Å²) in [5, 5.41) is -0.168. The van der Waals surface area contributed by atoms with Crippen LogP contribution in [0.2, 0.25) is 5.02 Å². The van der Waals surface area contributed by atoms with E-state index in [1.54, 1.807) is 17.0 Å². The molecule has 1 atom stereocenters. The molecule has 0 bridgehead atoms. The van der Waals surface area contributed by atoms with Gasteiger partial charge in [0.1, 0.15) is 5.38 Å². The molecule has 1 heterocycles. The first-order valence-electron chi connectivity index (χ1n) is 5.47. The molecule has 0 radical (unpaired) electrons. The van der Waals surface area contributed by atoms with Gasteiger partial charge in [-0.2, -0.15) is 0 Å². The maximum atomic E-state index is 12.1. The fourth-order valence-corrected chi connectivity index (χ4v) is 2.92. The van der Waals surface area contributed by atoms with Gasteiger partial charge < -0.3 is 4.90 Å². The summed E-state index contributed by atoms with van der Waals surface area (Å²) in [7, 11) is 0. The molecule has 1 aliphatic rings. The second kappa shape index (κ2) is 5.59. The molecule has 0 saturated carbocycles. The highest BCUT2D eigenvalue weighted by molar-refractivity contribution is 9.10. The van der Waals surface area contributed by atoms with Gasteiger partial charge in [-0.3, -0.25) is 4.79 Å². The molecule has 1 saturated heterocycles. The molecule has 0 aromatic heterocycles. The minimum atomic E-state index is -0.696. The Balaban J connectivity index is 2.20. The third-order valence-corrected chi connectivity index (χ3v) is 4.12. The van der Waals surface area contributed by atoms with Crippen molar-refractivity contribution in [2.24, 2.45) is 0 Å². The van der Waals surface area contributed by atoms with Crippen LogP contribution in [0.5, 0.6) is 0 Å². The van der Waals surface area contributed by atoms with E-state index < -0.39 is 5.38 Å². The van der Waals surface area contributed by atoms with Gasteiger partial charge in [-0.1, -0.05) is 27.5 Å². The Kier molecular flexibility index (Phi) is 4.34. The lowest BCUT2D eigenvalue weighted by Crippen LogP contribution is -2.30. The maximum absolute atomic E-state index is 12.1. The third-order valence-electron chi connectivity index (χ3n) is 2.87. The van der Waals surface area contributed by atoms with Crippen molar-refractivity contribution in [2.45, 2.75) is 18.2 Å². The van der Waals surface area contributed by atoms with Crippen LogP contribution >= 0.6 is 39.1 Å². The minimum Gasteiger partial charge on any atom is -0.341 e. The standard InChI is InChI=1S/C12H12BrCl2NO/c13-8-3-4-10(14)9(7-8)11(15)12(17)16-5-1-2-6-16/h3-4,7,11H,1-2,5-6H2. The van der Waals surface area contributed by atoms with Crippen molar-refractivity contribution < 1.29 is 4.79 Å². The molecular formula is C12H12BrCl2NO. The van der Waals surface area contributed by atoms with Gasteiger partial charge in [0.15, 0.2) is 0 Å². The predicted octanol–water partition coefficient (Wildman–Crippen LogP) is 4.00.